The molecule has 0 atom stereocenters. The van der Waals surface area contributed by atoms with Gasteiger partial charge in [0.2, 0.25) is 0 Å². The van der Waals surface area contributed by atoms with Gasteiger partial charge in [0.25, 0.3) is 5.91 Å². The van der Waals surface area contributed by atoms with Gasteiger partial charge in [-0.1, -0.05) is 17.7 Å². The number of nitrogens with one attached hydrogen (secondary N) is 1. The molecule has 3 heterocycles. The molecule has 0 bridgehead atoms. The van der Waals surface area contributed by atoms with Crippen molar-refractivity contribution in [3.63, 3.8) is 0 Å². The first-order valence-electron chi connectivity index (χ1n) is 10.2. The standard InChI is InChI=1S/C23H24ClFN4O2/c1-14(2)27-22-9-19(20(24)10-26-22)17-8-21-23(31)29(6-5-28(21)12-17)11-16-7-18(25)4-3-15(16)13-30/h3-4,7-10,12,14,30H,5-6,11,13H2,1-2H3,(H,26,27). The molecule has 0 saturated heterocycles. The summed E-state index contributed by atoms with van der Waals surface area (Å²) < 4.78 is 15.6. The Balaban J connectivity index is 1.61. The third-order valence-corrected chi connectivity index (χ3v) is 5.62. The van der Waals surface area contributed by atoms with Gasteiger partial charge in [-0.15, -0.1) is 0 Å². The van der Waals surface area contributed by atoms with Crippen LogP contribution < -0.4 is 5.32 Å². The molecule has 0 saturated carbocycles. The van der Waals surface area contributed by atoms with Crippen molar-refractivity contribution in [1.29, 1.82) is 0 Å². The molecule has 0 unspecified atom stereocenters. The fraction of sp³-hybridized carbons (Fsp3) is 0.304. The first-order chi connectivity index (χ1) is 14.9. The first kappa shape index (κ1) is 21.3. The minimum absolute atomic E-state index is 0.142. The molecular formula is C23H24ClFN4O2. The number of hydrogen-bond donors (Lipinski definition) is 2. The zero-order valence-corrected chi connectivity index (χ0v) is 18.2. The second kappa shape index (κ2) is 8.69. The van der Waals surface area contributed by atoms with Gasteiger partial charge in [-0.2, -0.15) is 0 Å². The number of aromatic nitrogens is 2. The van der Waals surface area contributed by atoms with Gasteiger partial charge in [0, 0.05) is 49.2 Å². The van der Waals surface area contributed by atoms with Crippen molar-refractivity contribution in [3.05, 3.63) is 70.4 Å². The molecule has 162 valence electrons. The molecular weight excluding hydrogens is 419 g/mol. The lowest BCUT2D eigenvalue weighted by molar-refractivity contribution is 0.0689. The van der Waals surface area contributed by atoms with Gasteiger partial charge in [0.15, 0.2) is 0 Å². The first-order valence-corrected chi connectivity index (χ1v) is 10.5. The number of anilines is 1. The number of rotatable bonds is 6. The summed E-state index contributed by atoms with van der Waals surface area (Å²) in [4.78, 5) is 19.1. The summed E-state index contributed by atoms with van der Waals surface area (Å²) in [7, 11) is 0. The van der Waals surface area contributed by atoms with Crippen LogP contribution in [0.15, 0.2) is 42.7 Å². The maximum atomic E-state index is 13.7. The van der Waals surface area contributed by atoms with Gasteiger partial charge in [-0.3, -0.25) is 4.79 Å². The number of aliphatic hydroxyl groups is 1. The Labute approximate surface area is 185 Å². The SMILES string of the molecule is CC(C)Nc1cc(-c2cc3n(c2)CCN(Cc2cc(F)ccc2CO)C3=O)c(Cl)cn1. The summed E-state index contributed by atoms with van der Waals surface area (Å²) in [6.07, 6.45) is 3.53. The molecule has 8 heteroatoms. The maximum absolute atomic E-state index is 13.7. The van der Waals surface area contributed by atoms with Crippen LogP contribution in [0.2, 0.25) is 5.02 Å². The molecule has 1 aromatic carbocycles. The van der Waals surface area contributed by atoms with Crippen LogP contribution in [-0.4, -0.2) is 38.1 Å². The lowest BCUT2D eigenvalue weighted by atomic mass is 10.1. The number of nitrogens with zero attached hydrogens (tertiary/aromatic N) is 3. The van der Waals surface area contributed by atoms with Crippen molar-refractivity contribution in [2.24, 2.45) is 0 Å². The molecule has 3 aromatic rings. The van der Waals surface area contributed by atoms with Crippen LogP contribution in [0.4, 0.5) is 10.2 Å². The van der Waals surface area contributed by atoms with Crippen molar-refractivity contribution in [1.82, 2.24) is 14.5 Å². The van der Waals surface area contributed by atoms with E-state index in [1.165, 1.54) is 12.1 Å². The summed E-state index contributed by atoms with van der Waals surface area (Å²) in [5, 5.41) is 13.3. The van der Waals surface area contributed by atoms with Gasteiger partial charge in [-0.25, -0.2) is 9.37 Å². The Morgan fingerprint density at radius 1 is 1.23 bits per heavy atom. The average molecular weight is 443 g/mol. The van der Waals surface area contributed by atoms with Gasteiger partial charge < -0.3 is 19.9 Å². The van der Waals surface area contributed by atoms with Crippen LogP contribution >= 0.6 is 11.6 Å². The lowest BCUT2D eigenvalue weighted by Gasteiger charge is -2.29. The fourth-order valence-electron chi connectivity index (χ4n) is 3.80. The van der Waals surface area contributed by atoms with E-state index >= 15 is 0 Å². The number of hydrogen-bond acceptors (Lipinski definition) is 4. The van der Waals surface area contributed by atoms with E-state index in [0.717, 1.165) is 11.1 Å². The van der Waals surface area contributed by atoms with Crippen molar-refractivity contribution in [2.75, 3.05) is 11.9 Å². The lowest BCUT2D eigenvalue weighted by Crippen LogP contribution is -2.39. The van der Waals surface area contributed by atoms with Crippen LogP contribution in [0, 0.1) is 5.82 Å². The quantitative estimate of drug-likeness (QED) is 0.596. The Bertz CT molecular complexity index is 1130. The summed E-state index contributed by atoms with van der Waals surface area (Å²) in [6, 6.07) is 8.17. The van der Waals surface area contributed by atoms with Crippen molar-refractivity contribution < 1.29 is 14.3 Å². The Morgan fingerprint density at radius 3 is 2.77 bits per heavy atom. The normalized spacial score (nSPS) is 13.6. The van der Waals surface area contributed by atoms with Gasteiger partial charge in [0.05, 0.1) is 11.6 Å². The third-order valence-electron chi connectivity index (χ3n) is 5.32. The summed E-state index contributed by atoms with van der Waals surface area (Å²) >= 11 is 6.40. The number of carbonyl (C=O) groups excluding carboxylic acids is 1. The molecule has 4 rings (SSSR count). The van der Waals surface area contributed by atoms with Crippen molar-refractivity contribution >= 4 is 23.3 Å². The summed E-state index contributed by atoms with van der Waals surface area (Å²) in [6.45, 7) is 5.20. The topological polar surface area (TPSA) is 70.4 Å². The smallest absolute Gasteiger partial charge is 0.270 e. The minimum atomic E-state index is -0.388. The highest BCUT2D eigenvalue weighted by Crippen LogP contribution is 2.32. The predicted octanol–water partition coefficient (Wildman–Crippen LogP) is 4.31. The molecule has 0 spiro atoms. The van der Waals surface area contributed by atoms with Gasteiger partial charge in [-0.05, 0) is 49.2 Å². The van der Waals surface area contributed by atoms with Crippen LogP contribution in [0.3, 0.4) is 0 Å². The van der Waals surface area contributed by atoms with Crippen LogP contribution in [-0.2, 0) is 19.7 Å². The van der Waals surface area contributed by atoms with Gasteiger partial charge >= 0.3 is 0 Å². The van der Waals surface area contributed by atoms with E-state index in [4.69, 9.17) is 11.6 Å². The molecule has 1 aliphatic rings. The highest BCUT2D eigenvalue weighted by molar-refractivity contribution is 6.33. The molecule has 2 N–H and O–H groups in total. The third kappa shape index (κ3) is 4.43. The molecule has 2 aromatic heterocycles. The number of halogens is 2. The van der Waals surface area contributed by atoms with E-state index in [1.807, 2.05) is 36.7 Å². The molecule has 0 aliphatic carbocycles. The Hall–Kier alpha value is -2.90. The molecule has 0 radical (unpaired) electrons. The highest BCUT2D eigenvalue weighted by Gasteiger charge is 2.26. The van der Waals surface area contributed by atoms with Crippen molar-refractivity contribution in [3.8, 4) is 11.1 Å². The number of fused-ring (bicyclic) bond motifs is 1. The van der Waals surface area contributed by atoms with E-state index in [0.29, 0.717) is 40.8 Å². The molecule has 31 heavy (non-hydrogen) atoms. The van der Waals surface area contributed by atoms with Gasteiger partial charge in [0.1, 0.15) is 17.3 Å². The van der Waals surface area contributed by atoms with Crippen LogP contribution in [0.5, 0.6) is 0 Å². The molecule has 6 nitrogen and oxygen atoms in total. The summed E-state index contributed by atoms with van der Waals surface area (Å²) in [5.74, 6) is 0.186. The van der Waals surface area contributed by atoms with E-state index in [9.17, 15) is 14.3 Å². The zero-order chi connectivity index (χ0) is 22.1. The number of pyridine rings is 1. The predicted molar refractivity (Wildman–Crippen MR) is 118 cm³/mol. The maximum Gasteiger partial charge on any atom is 0.270 e. The molecule has 1 aliphatic heterocycles. The number of amides is 1. The minimum Gasteiger partial charge on any atom is -0.392 e. The second-order valence-electron chi connectivity index (χ2n) is 7.95. The Kier molecular flexibility index (Phi) is 5.98. The zero-order valence-electron chi connectivity index (χ0n) is 17.4. The summed E-state index contributed by atoms with van der Waals surface area (Å²) in [5.41, 5.74) is 3.41. The molecule has 0 fully saturated rings. The number of carbonyl (C=O) groups is 1. The van der Waals surface area contributed by atoms with E-state index in [-0.39, 0.29) is 30.9 Å². The average Bonchev–Trinajstić information content (AvgIpc) is 3.16. The fourth-order valence-corrected chi connectivity index (χ4v) is 4.01. The monoisotopic (exact) mass is 442 g/mol. The number of aliphatic hydroxyl groups excluding tert-OH is 1. The van der Waals surface area contributed by atoms with E-state index in [2.05, 4.69) is 10.3 Å². The highest BCUT2D eigenvalue weighted by atomic mass is 35.5. The van der Waals surface area contributed by atoms with E-state index < -0.39 is 0 Å². The van der Waals surface area contributed by atoms with Crippen molar-refractivity contribution in [2.45, 2.75) is 39.6 Å². The second-order valence-corrected chi connectivity index (χ2v) is 8.36. The number of benzene rings is 1. The van der Waals surface area contributed by atoms with Crippen LogP contribution in [0.1, 0.15) is 35.5 Å². The van der Waals surface area contributed by atoms with Crippen LogP contribution in [0.25, 0.3) is 11.1 Å². The largest absolute Gasteiger partial charge is 0.392 e. The molecule has 1 amide bonds. The van der Waals surface area contributed by atoms with E-state index in [1.54, 1.807) is 17.2 Å². The Morgan fingerprint density at radius 2 is 2.03 bits per heavy atom.